The van der Waals surface area contributed by atoms with Gasteiger partial charge in [0.2, 0.25) is 5.95 Å². The molecule has 1 atom stereocenters. The Balaban J connectivity index is 1.90. The zero-order valence-corrected chi connectivity index (χ0v) is 18.0. The second kappa shape index (κ2) is 7.80. The fraction of sp³-hybridized carbons (Fsp3) is 0.286. The van der Waals surface area contributed by atoms with Crippen LogP contribution in [-0.2, 0) is 6.18 Å². The van der Waals surface area contributed by atoms with E-state index in [-0.39, 0.29) is 21.3 Å². The molecule has 0 bridgehead atoms. The summed E-state index contributed by atoms with van der Waals surface area (Å²) in [4.78, 5) is 7.48. The number of halogens is 6. The predicted molar refractivity (Wildman–Crippen MR) is 111 cm³/mol. The van der Waals surface area contributed by atoms with Gasteiger partial charge in [-0.25, -0.2) is 9.97 Å². The van der Waals surface area contributed by atoms with Gasteiger partial charge in [-0.3, -0.25) is 0 Å². The number of aromatic nitrogens is 2. The van der Waals surface area contributed by atoms with Gasteiger partial charge in [0.15, 0.2) is 5.69 Å². The summed E-state index contributed by atoms with van der Waals surface area (Å²) in [5.74, 6) is -1.01. The van der Waals surface area contributed by atoms with Gasteiger partial charge in [0.05, 0.1) is 22.7 Å². The smallest absolute Gasteiger partial charge is 0.362 e. The molecule has 0 unspecified atom stereocenters. The van der Waals surface area contributed by atoms with Crippen LogP contribution in [0, 0.1) is 13.8 Å². The lowest BCUT2D eigenvalue weighted by Gasteiger charge is -2.32. The topological polar surface area (TPSA) is 61.6 Å². The van der Waals surface area contributed by atoms with E-state index in [0.717, 1.165) is 22.5 Å². The second-order valence-electron chi connectivity index (χ2n) is 7.56. The van der Waals surface area contributed by atoms with Crippen molar-refractivity contribution < 1.29 is 31.4 Å². The van der Waals surface area contributed by atoms with E-state index in [1.54, 1.807) is 30.5 Å². The van der Waals surface area contributed by atoms with Gasteiger partial charge in [0, 0.05) is 0 Å². The molecule has 0 spiro atoms. The van der Waals surface area contributed by atoms with E-state index in [1.807, 2.05) is 6.92 Å². The highest BCUT2D eigenvalue weighted by Crippen LogP contribution is 2.44. The molecule has 33 heavy (non-hydrogen) atoms. The van der Waals surface area contributed by atoms with Crippen LogP contribution in [-0.4, -0.2) is 32.7 Å². The Kier molecular flexibility index (Phi) is 5.48. The predicted octanol–water partition coefficient (Wildman–Crippen LogP) is 5.71. The van der Waals surface area contributed by atoms with Crippen molar-refractivity contribution in [3.8, 4) is 10.6 Å². The Labute approximate surface area is 188 Å². The first kappa shape index (κ1) is 23.2. The second-order valence-corrected chi connectivity index (χ2v) is 8.51. The summed E-state index contributed by atoms with van der Waals surface area (Å²) < 4.78 is 82.4. The highest BCUT2D eigenvalue weighted by Gasteiger charge is 2.63. The molecule has 1 aromatic carbocycles. The summed E-state index contributed by atoms with van der Waals surface area (Å²) in [6, 6.07) is 8.49. The number of alkyl halides is 6. The Hall–Kier alpha value is -2.99. The zero-order valence-electron chi connectivity index (χ0n) is 17.2. The minimum Gasteiger partial charge on any atom is -0.362 e. The van der Waals surface area contributed by atoms with Crippen LogP contribution >= 0.6 is 11.3 Å². The van der Waals surface area contributed by atoms with Crippen LogP contribution < -0.4 is 5.01 Å². The van der Waals surface area contributed by atoms with E-state index in [2.05, 4.69) is 15.1 Å². The van der Waals surface area contributed by atoms with Crippen molar-refractivity contribution in [1.82, 2.24) is 9.97 Å². The van der Waals surface area contributed by atoms with Gasteiger partial charge < -0.3 is 5.11 Å². The fourth-order valence-electron chi connectivity index (χ4n) is 3.28. The first-order chi connectivity index (χ1) is 15.3. The van der Waals surface area contributed by atoms with Gasteiger partial charge >= 0.3 is 12.4 Å². The maximum Gasteiger partial charge on any atom is 0.438 e. The monoisotopic (exact) mass is 486 g/mol. The Morgan fingerprint density at radius 3 is 2.30 bits per heavy atom. The molecule has 174 valence electrons. The van der Waals surface area contributed by atoms with Crippen molar-refractivity contribution in [3.05, 3.63) is 64.2 Å². The molecular weight excluding hydrogens is 470 g/mol. The van der Waals surface area contributed by atoms with E-state index >= 15 is 0 Å². The Bertz CT molecular complexity index is 1220. The lowest BCUT2D eigenvalue weighted by atomic mass is 9.98. The molecule has 0 aliphatic carbocycles. The summed E-state index contributed by atoms with van der Waals surface area (Å²) in [6.07, 6.45) is -11.2. The van der Waals surface area contributed by atoms with Crippen molar-refractivity contribution in [2.75, 3.05) is 5.01 Å². The third kappa shape index (κ3) is 4.20. The average Bonchev–Trinajstić information content (AvgIpc) is 3.37. The first-order valence-electron chi connectivity index (χ1n) is 9.54. The quantitative estimate of drug-likeness (QED) is 0.482. The third-order valence-corrected chi connectivity index (χ3v) is 6.14. The van der Waals surface area contributed by atoms with Crippen LogP contribution in [0.25, 0.3) is 10.6 Å². The summed E-state index contributed by atoms with van der Waals surface area (Å²) in [5.41, 5.74) is -3.50. The molecule has 1 N–H and O–H groups in total. The molecule has 0 fully saturated rings. The van der Waals surface area contributed by atoms with Gasteiger partial charge in [0.1, 0.15) is 0 Å². The summed E-state index contributed by atoms with van der Waals surface area (Å²) in [5, 5.41) is 16.1. The third-order valence-electron chi connectivity index (χ3n) is 5.25. The van der Waals surface area contributed by atoms with E-state index < -0.39 is 36.1 Å². The fourth-order valence-corrected chi connectivity index (χ4v) is 3.97. The van der Waals surface area contributed by atoms with Crippen LogP contribution in [0.3, 0.4) is 0 Å². The highest BCUT2D eigenvalue weighted by atomic mass is 32.1. The van der Waals surface area contributed by atoms with E-state index in [9.17, 15) is 31.4 Å². The van der Waals surface area contributed by atoms with Gasteiger partial charge in [-0.05, 0) is 54.1 Å². The van der Waals surface area contributed by atoms with E-state index in [1.165, 1.54) is 12.1 Å². The minimum absolute atomic E-state index is 0.0316. The minimum atomic E-state index is -5.27. The number of rotatable bonds is 3. The molecule has 2 aromatic heterocycles. The van der Waals surface area contributed by atoms with Crippen molar-refractivity contribution in [1.29, 1.82) is 0 Å². The lowest BCUT2D eigenvalue weighted by molar-refractivity contribution is -0.254. The normalized spacial score (nSPS) is 19.2. The number of aryl methyl sites for hydroxylation is 2. The number of benzene rings is 1. The van der Waals surface area contributed by atoms with Crippen LogP contribution in [0.4, 0.5) is 32.3 Å². The summed E-state index contributed by atoms with van der Waals surface area (Å²) in [6.45, 7) is 3.57. The molecule has 0 radical (unpaired) electrons. The lowest BCUT2D eigenvalue weighted by Crippen LogP contribution is -2.55. The van der Waals surface area contributed by atoms with Crippen LogP contribution in [0.15, 0.2) is 46.9 Å². The molecule has 5 nitrogen and oxygen atoms in total. The number of hydrogen-bond acceptors (Lipinski definition) is 6. The van der Waals surface area contributed by atoms with Crippen molar-refractivity contribution in [3.63, 3.8) is 0 Å². The molecule has 0 amide bonds. The van der Waals surface area contributed by atoms with Crippen LogP contribution in [0.2, 0.25) is 0 Å². The van der Waals surface area contributed by atoms with Crippen molar-refractivity contribution in [2.45, 2.75) is 38.3 Å². The number of nitrogens with zero attached hydrogens (tertiary/aromatic N) is 4. The standard InChI is InChI=1S/C21H16F6N4OS/c1-11-5-6-13(8-12(11)2)15-10-19(32,21(25,26)27)31(30-15)18-28-14(16-4-3-7-33-16)9-17(29-18)20(22,23)24/h3-9,32H,10H2,1-2H3/t19-/m0/s1. The van der Waals surface area contributed by atoms with Crippen molar-refractivity contribution in [2.24, 2.45) is 5.10 Å². The summed E-state index contributed by atoms with van der Waals surface area (Å²) in [7, 11) is 0. The largest absolute Gasteiger partial charge is 0.438 e. The molecule has 4 rings (SSSR count). The zero-order chi connectivity index (χ0) is 24.2. The number of aliphatic hydroxyl groups is 1. The molecule has 1 aliphatic heterocycles. The molecule has 3 aromatic rings. The van der Waals surface area contributed by atoms with E-state index in [0.29, 0.717) is 11.6 Å². The van der Waals surface area contributed by atoms with Crippen LogP contribution in [0.1, 0.15) is 28.8 Å². The molecule has 3 heterocycles. The van der Waals surface area contributed by atoms with Gasteiger partial charge in [-0.1, -0.05) is 18.2 Å². The highest BCUT2D eigenvalue weighted by molar-refractivity contribution is 7.13. The maximum absolute atomic E-state index is 14.0. The van der Waals surface area contributed by atoms with Crippen LogP contribution in [0.5, 0.6) is 0 Å². The Morgan fingerprint density at radius 1 is 1.00 bits per heavy atom. The number of thiophene rings is 1. The summed E-state index contributed by atoms with van der Waals surface area (Å²) >= 11 is 1.06. The first-order valence-corrected chi connectivity index (χ1v) is 10.4. The van der Waals surface area contributed by atoms with Crippen molar-refractivity contribution >= 4 is 23.0 Å². The molecule has 12 heteroatoms. The SMILES string of the molecule is Cc1ccc(C2=NN(c3nc(-c4cccs4)cc(C(F)(F)F)n3)[C@@](O)(C(F)(F)F)C2)cc1C. The van der Waals surface area contributed by atoms with Gasteiger partial charge in [-0.2, -0.15) is 36.5 Å². The number of hydrazone groups is 1. The number of hydrogen-bond donors (Lipinski definition) is 1. The molecule has 1 aliphatic rings. The van der Waals surface area contributed by atoms with E-state index in [4.69, 9.17) is 0 Å². The van der Waals surface area contributed by atoms with Gasteiger partial charge in [-0.15, -0.1) is 11.3 Å². The maximum atomic E-state index is 14.0. The number of anilines is 1. The van der Waals surface area contributed by atoms with Gasteiger partial charge in [0.25, 0.3) is 5.72 Å². The average molecular weight is 486 g/mol. The molecular formula is C21H16F6N4OS. The Morgan fingerprint density at radius 2 is 1.73 bits per heavy atom. The molecule has 0 saturated heterocycles. The molecule has 0 saturated carbocycles.